The van der Waals surface area contributed by atoms with Gasteiger partial charge in [0.15, 0.2) is 0 Å². The van der Waals surface area contributed by atoms with Crippen molar-refractivity contribution in [2.75, 3.05) is 19.6 Å². The first-order chi connectivity index (χ1) is 7.19. The molecule has 2 N–H and O–H groups in total. The van der Waals surface area contributed by atoms with Crippen LogP contribution in [-0.4, -0.2) is 47.7 Å². The van der Waals surface area contributed by atoms with Crippen molar-refractivity contribution in [1.82, 2.24) is 10.2 Å². The van der Waals surface area contributed by atoms with Crippen molar-refractivity contribution in [3.8, 4) is 0 Å². The van der Waals surface area contributed by atoms with Gasteiger partial charge < -0.3 is 15.3 Å². The predicted octanol–water partition coefficient (Wildman–Crippen LogP) is 0.358. The molecule has 1 aliphatic rings. The van der Waals surface area contributed by atoms with E-state index in [9.17, 15) is 9.90 Å². The average Bonchev–Trinajstić information content (AvgIpc) is 2.51. The van der Waals surface area contributed by atoms with Crippen LogP contribution in [0, 0.1) is 0 Å². The first-order valence-corrected chi connectivity index (χ1v) is 5.89. The fraction of sp³-hybridized carbons (Fsp3) is 0.909. The Bertz CT molecular complexity index is 209. The SMILES string of the molecule is CCCC(O)CN1CCC(NCC)C1=O. The third-order valence-corrected chi connectivity index (χ3v) is 2.80. The summed E-state index contributed by atoms with van der Waals surface area (Å²) in [6.45, 7) is 6.13. The van der Waals surface area contributed by atoms with Crippen molar-refractivity contribution < 1.29 is 9.90 Å². The van der Waals surface area contributed by atoms with Gasteiger partial charge in [-0.25, -0.2) is 0 Å². The molecular weight excluding hydrogens is 192 g/mol. The molecule has 0 radical (unpaired) electrons. The van der Waals surface area contributed by atoms with Gasteiger partial charge in [0, 0.05) is 13.1 Å². The van der Waals surface area contributed by atoms with E-state index in [-0.39, 0.29) is 18.1 Å². The van der Waals surface area contributed by atoms with E-state index < -0.39 is 0 Å². The highest BCUT2D eigenvalue weighted by Gasteiger charge is 2.31. The van der Waals surface area contributed by atoms with Gasteiger partial charge in [-0.1, -0.05) is 20.3 Å². The molecule has 1 amide bonds. The molecule has 88 valence electrons. The number of likely N-dealkylation sites (tertiary alicyclic amines) is 1. The monoisotopic (exact) mass is 214 g/mol. The summed E-state index contributed by atoms with van der Waals surface area (Å²) in [6.07, 6.45) is 2.24. The number of carbonyl (C=O) groups excluding carboxylic acids is 1. The van der Waals surface area contributed by atoms with Crippen molar-refractivity contribution in [3.63, 3.8) is 0 Å². The predicted molar refractivity (Wildman–Crippen MR) is 59.6 cm³/mol. The second-order valence-corrected chi connectivity index (χ2v) is 4.13. The summed E-state index contributed by atoms with van der Waals surface area (Å²) in [5, 5.41) is 12.8. The third kappa shape index (κ3) is 3.47. The average molecular weight is 214 g/mol. The highest BCUT2D eigenvalue weighted by Crippen LogP contribution is 2.12. The number of hydrogen-bond acceptors (Lipinski definition) is 3. The maximum absolute atomic E-state index is 11.8. The summed E-state index contributed by atoms with van der Waals surface area (Å²) in [6, 6.07) is -0.0242. The lowest BCUT2D eigenvalue weighted by molar-refractivity contribution is -0.130. The van der Waals surface area contributed by atoms with Gasteiger partial charge in [0.05, 0.1) is 12.1 Å². The minimum Gasteiger partial charge on any atom is -0.391 e. The standard InChI is InChI=1S/C11H22N2O2/c1-3-5-9(14)8-13-7-6-10(11(13)15)12-4-2/h9-10,12,14H,3-8H2,1-2H3. The van der Waals surface area contributed by atoms with Crippen LogP contribution in [0.2, 0.25) is 0 Å². The van der Waals surface area contributed by atoms with Crippen LogP contribution in [0.4, 0.5) is 0 Å². The Morgan fingerprint density at radius 3 is 2.93 bits per heavy atom. The Labute approximate surface area is 91.6 Å². The van der Waals surface area contributed by atoms with E-state index in [2.05, 4.69) is 5.32 Å². The quantitative estimate of drug-likeness (QED) is 0.671. The number of nitrogens with zero attached hydrogens (tertiary/aromatic N) is 1. The Morgan fingerprint density at radius 2 is 2.33 bits per heavy atom. The summed E-state index contributed by atoms with van der Waals surface area (Å²) in [7, 11) is 0. The van der Waals surface area contributed by atoms with Crippen LogP contribution in [0.5, 0.6) is 0 Å². The number of hydrogen-bond donors (Lipinski definition) is 2. The van der Waals surface area contributed by atoms with Crippen molar-refractivity contribution >= 4 is 5.91 Å². The van der Waals surface area contributed by atoms with Gasteiger partial charge in [-0.2, -0.15) is 0 Å². The zero-order valence-electron chi connectivity index (χ0n) is 9.70. The summed E-state index contributed by atoms with van der Waals surface area (Å²) in [4.78, 5) is 13.6. The molecule has 1 heterocycles. The summed E-state index contributed by atoms with van der Waals surface area (Å²) < 4.78 is 0. The van der Waals surface area contributed by atoms with Crippen LogP contribution in [0.1, 0.15) is 33.1 Å². The molecule has 0 aromatic carbocycles. The molecule has 1 rings (SSSR count). The molecule has 1 fully saturated rings. The zero-order valence-corrected chi connectivity index (χ0v) is 9.70. The second kappa shape index (κ2) is 6.08. The fourth-order valence-electron chi connectivity index (χ4n) is 2.03. The summed E-state index contributed by atoms with van der Waals surface area (Å²) in [5.74, 6) is 0.145. The molecule has 1 saturated heterocycles. The van der Waals surface area contributed by atoms with E-state index in [1.165, 1.54) is 0 Å². The molecule has 0 bridgehead atoms. The number of carbonyl (C=O) groups is 1. The number of rotatable bonds is 6. The second-order valence-electron chi connectivity index (χ2n) is 4.13. The molecule has 1 aliphatic heterocycles. The lowest BCUT2D eigenvalue weighted by Crippen LogP contribution is -2.40. The van der Waals surface area contributed by atoms with Crippen LogP contribution in [0.15, 0.2) is 0 Å². The molecule has 2 atom stereocenters. The van der Waals surface area contributed by atoms with Gasteiger partial charge in [-0.15, -0.1) is 0 Å². The van der Waals surface area contributed by atoms with E-state index >= 15 is 0 Å². The molecule has 0 aromatic heterocycles. The number of likely N-dealkylation sites (N-methyl/N-ethyl adjacent to an activating group) is 1. The molecule has 0 spiro atoms. The minimum absolute atomic E-state index is 0.0242. The van der Waals surface area contributed by atoms with Gasteiger partial charge in [-0.3, -0.25) is 4.79 Å². The highest BCUT2D eigenvalue weighted by atomic mass is 16.3. The Morgan fingerprint density at radius 1 is 1.60 bits per heavy atom. The zero-order chi connectivity index (χ0) is 11.3. The van der Waals surface area contributed by atoms with Crippen LogP contribution in [0.3, 0.4) is 0 Å². The van der Waals surface area contributed by atoms with Crippen molar-refractivity contribution in [1.29, 1.82) is 0 Å². The number of aliphatic hydroxyl groups excluding tert-OH is 1. The largest absolute Gasteiger partial charge is 0.391 e. The first-order valence-electron chi connectivity index (χ1n) is 5.89. The molecular formula is C11H22N2O2. The Kier molecular flexibility index (Phi) is 5.05. The maximum Gasteiger partial charge on any atom is 0.239 e. The van der Waals surface area contributed by atoms with Gasteiger partial charge in [0.1, 0.15) is 0 Å². The van der Waals surface area contributed by atoms with E-state index in [0.717, 1.165) is 32.4 Å². The van der Waals surface area contributed by atoms with Crippen molar-refractivity contribution in [3.05, 3.63) is 0 Å². The molecule has 0 aliphatic carbocycles. The lowest BCUT2D eigenvalue weighted by Gasteiger charge is -2.20. The van der Waals surface area contributed by atoms with E-state index in [1.807, 2.05) is 13.8 Å². The Balaban J connectivity index is 2.35. The Hall–Kier alpha value is -0.610. The van der Waals surface area contributed by atoms with Crippen molar-refractivity contribution in [2.45, 2.75) is 45.3 Å². The molecule has 2 unspecified atom stereocenters. The van der Waals surface area contributed by atoms with E-state index in [1.54, 1.807) is 4.90 Å². The van der Waals surface area contributed by atoms with Crippen LogP contribution >= 0.6 is 0 Å². The highest BCUT2D eigenvalue weighted by molar-refractivity contribution is 5.83. The fourth-order valence-corrected chi connectivity index (χ4v) is 2.03. The minimum atomic E-state index is -0.362. The van der Waals surface area contributed by atoms with Crippen LogP contribution in [-0.2, 0) is 4.79 Å². The van der Waals surface area contributed by atoms with Gasteiger partial charge >= 0.3 is 0 Å². The molecule has 4 heteroatoms. The van der Waals surface area contributed by atoms with Crippen LogP contribution < -0.4 is 5.32 Å². The molecule has 0 aromatic rings. The van der Waals surface area contributed by atoms with Gasteiger partial charge in [0.25, 0.3) is 0 Å². The summed E-state index contributed by atoms with van der Waals surface area (Å²) >= 11 is 0. The number of nitrogens with one attached hydrogen (secondary N) is 1. The normalized spacial score (nSPS) is 23.5. The lowest BCUT2D eigenvalue weighted by atomic mass is 10.2. The van der Waals surface area contributed by atoms with E-state index in [0.29, 0.717) is 6.54 Å². The van der Waals surface area contributed by atoms with E-state index in [4.69, 9.17) is 0 Å². The number of β-amino-alcohol motifs (C(OH)–C–C–N with tert-alkyl or cyclic N) is 1. The summed E-state index contributed by atoms with van der Waals surface area (Å²) in [5.41, 5.74) is 0. The maximum atomic E-state index is 11.8. The third-order valence-electron chi connectivity index (χ3n) is 2.80. The molecule has 4 nitrogen and oxygen atoms in total. The topological polar surface area (TPSA) is 52.6 Å². The van der Waals surface area contributed by atoms with Gasteiger partial charge in [-0.05, 0) is 19.4 Å². The van der Waals surface area contributed by atoms with Crippen LogP contribution in [0.25, 0.3) is 0 Å². The number of amides is 1. The molecule has 0 saturated carbocycles. The number of aliphatic hydroxyl groups is 1. The molecule has 15 heavy (non-hydrogen) atoms. The van der Waals surface area contributed by atoms with Crippen molar-refractivity contribution in [2.24, 2.45) is 0 Å². The van der Waals surface area contributed by atoms with Gasteiger partial charge in [0.2, 0.25) is 5.91 Å². The first kappa shape index (κ1) is 12.5. The smallest absolute Gasteiger partial charge is 0.239 e.